The van der Waals surface area contributed by atoms with Crippen LogP contribution in [0.1, 0.15) is 23.6 Å². The number of carbonyl (C=O) groups excluding carboxylic acids is 2. The molecule has 3 atom stereocenters. The summed E-state index contributed by atoms with van der Waals surface area (Å²) >= 11 is 0. The topological polar surface area (TPSA) is 43.9 Å². The van der Waals surface area contributed by atoms with E-state index in [-0.39, 0.29) is 29.8 Å². The number of amides is 2. The van der Waals surface area contributed by atoms with Gasteiger partial charge in [-0.15, -0.1) is 0 Å². The summed E-state index contributed by atoms with van der Waals surface area (Å²) < 4.78 is 0. The summed E-state index contributed by atoms with van der Waals surface area (Å²) in [7, 11) is 0. The molecule has 5 heteroatoms. The van der Waals surface area contributed by atoms with E-state index in [1.165, 1.54) is 4.90 Å². The molecule has 0 N–H and O–H groups in total. The van der Waals surface area contributed by atoms with Crippen LogP contribution in [-0.4, -0.2) is 41.0 Å². The minimum Gasteiger partial charge on any atom is -0.274 e. The molecule has 2 aromatic rings. The van der Waals surface area contributed by atoms with Crippen LogP contribution >= 0.6 is 0 Å². The number of aryl methyl sites for hydroxylation is 1. The summed E-state index contributed by atoms with van der Waals surface area (Å²) in [4.78, 5) is 28.1. The Morgan fingerprint density at radius 2 is 1.58 bits per heavy atom. The van der Waals surface area contributed by atoms with Gasteiger partial charge in [-0.3, -0.25) is 9.59 Å². The standard InChI is InChI=1S/C21H21N3O2/c1-14-7-5-10-16(13-14)24-20(25)17-18(15-8-3-2-4-9-15)22-11-6-12-23(22)19(17)21(24)26/h2-5,7-10,13,17-19H,6,11-12H2,1H3/t17-,18-,19+/m1/s1. The first-order valence-electron chi connectivity index (χ1n) is 9.19. The summed E-state index contributed by atoms with van der Waals surface area (Å²) in [6, 6.07) is 17.3. The second-order valence-corrected chi connectivity index (χ2v) is 7.36. The van der Waals surface area contributed by atoms with Crippen LogP contribution < -0.4 is 4.90 Å². The van der Waals surface area contributed by atoms with Gasteiger partial charge in [-0.05, 0) is 36.6 Å². The molecular weight excluding hydrogens is 326 g/mol. The average molecular weight is 347 g/mol. The van der Waals surface area contributed by atoms with E-state index < -0.39 is 0 Å². The zero-order valence-electron chi connectivity index (χ0n) is 14.7. The van der Waals surface area contributed by atoms with Crippen molar-refractivity contribution in [2.75, 3.05) is 18.0 Å². The minimum atomic E-state index is -0.379. The van der Waals surface area contributed by atoms with Gasteiger partial charge >= 0.3 is 0 Å². The highest BCUT2D eigenvalue weighted by atomic mass is 16.2. The normalized spacial score (nSPS) is 28.7. The van der Waals surface area contributed by atoms with Gasteiger partial charge in [0.15, 0.2) is 0 Å². The summed E-state index contributed by atoms with van der Waals surface area (Å²) in [6.45, 7) is 3.72. The molecule has 0 radical (unpaired) electrons. The molecule has 0 unspecified atom stereocenters. The first-order valence-corrected chi connectivity index (χ1v) is 9.19. The van der Waals surface area contributed by atoms with Crippen molar-refractivity contribution in [1.82, 2.24) is 10.0 Å². The van der Waals surface area contributed by atoms with Crippen LogP contribution in [0.3, 0.4) is 0 Å². The second-order valence-electron chi connectivity index (χ2n) is 7.36. The lowest BCUT2D eigenvalue weighted by Crippen LogP contribution is -2.44. The van der Waals surface area contributed by atoms with Gasteiger partial charge in [-0.25, -0.2) is 14.9 Å². The molecular formula is C21H21N3O2. The van der Waals surface area contributed by atoms with E-state index in [1.807, 2.05) is 49.4 Å². The molecule has 0 aromatic heterocycles. The number of nitrogens with zero attached hydrogens (tertiary/aromatic N) is 3. The van der Waals surface area contributed by atoms with Gasteiger partial charge < -0.3 is 0 Å². The summed E-state index contributed by atoms with van der Waals surface area (Å²) in [5.74, 6) is -0.504. The Bertz CT molecular complexity index is 882. The molecule has 0 aliphatic carbocycles. The quantitative estimate of drug-likeness (QED) is 0.783. The molecule has 3 aliphatic heterocycles. The van der Waals surface area contributed by atoms with Crippen molar-refractivity contribution in [3.05, 3.63) is 65.7 Å². The summed E-state index contributed by atoms with van der Waals surface area (Å²) in [5, 5.41) is 4.38. The van der Waals surface area contributed by atoms with Crippen LogP contribution in [0.15, 0.2) is 54.6 Å². The first-order chi connectivity index (χ1) is 12.7. The zero-order chi connectivity index (χ0) is 17.8. The Balaban J connectivity index is 1.60. The second kappa shape index (κ2) is 5.76. The molecule has 0 bridgehead atoms. The van der Waals surface area contributed by atoms with E-state index in [2.05, 4.69) is 22.2 Å². The largest absolute Gasteiger partial charge is 0.274 e. The Hall–Kier alpha value is -2.50. The smallest absolute Gasteiger partial charge is 0.253 e. The van der Waals surface area contributed by atoms with E-state index in [1.54, 1.807) is 0 Å². The Morgan fingerprint density at radius 3 is 2.31 bits per heavy atom. The summed E-state index contributed by atoms with van der Waals surface area (Å²) in [5.41, 5.74) is 2.84. The van der Waals surface area contributed by atoms with Gasteiger partial charge in [0.25, 0.3) is 5.91 Å². The van der Waals surface area contributed by atoms with Crippen molar-refractivity contribution in [2.45, 2.75) is 25.4 Å². The Kier molecular flexibility index (Phi) is 3.48. The van der Waals surface area contributed by atoms with Crippen LogP contribution in [0, 0.1) is 12.8 Å². The molecule has 5 rings (SSSR count). The third kappa shape index (κ3) is 2.11. The van der Waals surface area contributed by atoms with Crippen LogP contribution in [0.25, 0.3) is 0 Å². The van der Waals surface area contributed by atoms with Crippen LogP contribution in [-0.2, 0) is 9.59 Å². The number of rotatable bonds is 2. The lowest BCUT2D eigenvalue weighted by Gasteiger charge is -2.29. The number of hydrogen-bond donors (Lipinski definition) is 0. The SMILES string of the molecule is Cc1cccc(N2C(=O)[C@H]3[C@@H](C2=O)N2CCCN2[C@@H]3c2ccccc2)c1. The fourth-order valence-electron chi connectivity index (χ4n) is 4.79. The number of hydrazine groups is 1. The summed E-state index contributed by atoms with van der Waals surface area (Å²) in [6.07, 6.45) is 1.03. The van der Waals surface area contributed by atoms with Crippen molar-refractivity contribution in [1.29, 1.82) is 0 Å². The highest BCUT2D eigenvalue weighted by Gasteiger charge is 2.62. The first kappa shape index (κ1) is 15.7. The molecule has 2 amide bonds. The maximum absolute atomic E-state index is 13.4. The molecule has 2 aromatic carbocycles. The molecule has 26 heavy (non-hydrogen) atoms. The fraction of sp³-hybridized carbons (Fsp3) is 0.333. The average Bonchev–Trinajstić information content (AvgIpc) is 3.28. The minimum absolute atomic E-state index is 0.0602. The highest BCUT2D eigenvalue weighted by Crippen LogP contribution is 2.48. The number of hydrogen-bond acceptors (Lipinski definition) is 4. The predicted molar refractivity (Wildman–Crippen MR) is 98.2 cm³/mol. The zero-order valence-corrected chi connectivity index (χ0v) is 14.7. The molecule has 0 spiro atoms. The maximum Gasteiger partial charge on any atom is 0.253 e. The van der Waals surface area contributed by atoms with Gasteiger partial charge in [0.2, 0.25) is 5.91 Å². The van der Waals surface area contributed by atoms with Crippen LogP contribution in [0.5, 0.6) is 0 Å². The Labute approximate surface area is 152 Å². The van der Waals surface area contributed by atoms with Crippen molar-refractivity contribution >= 4 is 17.5 Å². The third-order valence-electron chi connectivity index (χ3n) is 5.81. The molecule has 132 valence electrons. The fourth-order valence-corrected chi connectivity index (χ4v) is 4.79. The number of fused-ring (bicyclic) bond motifs is 3. The van der Waals surface area contributed by atoms with Gasteiger partial charge in [0, 0.05) is 13.1 Å². The van der Waals surface area contributed by atoms with E-state index in [0.29, 0.717) is 5.69 Å². The van der Waals surface area contributed by atoms with E-state index in [9.17, 15) is 9.59 Å². The molecule has 3 saturated heterocycles. The highest BCUT2D eigenvalue weighted by molar-refractivity contribution is 6.24. The van der Waals surface area contributed by atoms with E-state index in [0.717, 1.165) is 30.6 Å². The predicted octanol–water partition coefficient (Wildman–Crippen LogP) is 2.53. The molecule has 0 saturated carbocycles. The van der Waals surface area contributed by atoms with Crippen molar-refractivity contribution < 1.29 is 9.59 Å². The van der Waals surface area contributed by atoms with Crippen LogP contribution in [0.2, 0.25) is 0 Å². The van der Waals surface area contributed by atoms with Crippen molar-refractivity contribution in [3.8, 4) is 0 Å². The maximum atomic E-state index is 13.4. The van der Waals surface area contributed by atoms with E-state index >= 15 is 0 Å². The lowest BCUT2D eigenvalue weighted by molar-refractivity contribution is -0.126. The third-order valence-corrected chi connectivity index (χ3v) is 5.81. The van der Waals surface area contributed by atoms with Gasteiger partial charge in [0.05, 0.1) is 17.6 Å². The number of imide groups is 1. The molecule has 3 fully saturated rings. The van der Waals surface area contributed by atoms with E-state index in [4.69, 9.17) is 0 Å². The van der Waals surface area contributed by atoms with Gasteiger partial charge in [0.1, 0.15) is 6.04 Å². The van der Waals surface area contributed by atoms with Crippen LogP contribution in [0.4, 0.5) is 5.69 Å². The number of anilines is 1. The number of benzene rings is 2. The van der Waals surface area contributed by atoms with Gasteiger partial charge in [-0.1, -0.05) is 42.5 Å². The number of carbonyl (C=O) groups is 2. The molecule has 3 heterocycles. The van der Waals surface area contributed by atoms with Crippen molar-refractivity contribution in [2.24, 2.45) is 5.92 Å². The van der Waals surface area contributed by atoms with Gasteiger partial charge in [-0.2, -0.15) is 0 Å². The monoisotopic (exact) mass is 347 g/mol. The molecule has 3 aliphatic rings. The lowest BCUT2D eigenvalue weighted by atomic mass is 9.90. The van der Waals surface area contributed by atoms with Crippen molar-refractivity contribution in [3.63, 3.8) is 0 Å². The molecule has 5 nitrogen and oxygen atoms in total. The Morgan fingerprint density at radius 1 is 0.846 bits per heavy atom.